The number of imidazole rings is 1. The van der Waals surface area contributed by atoms with Crippen LogP contribution < -0.4 is 0 Å². The molecule has 0 atom stereocenters. The maximum absolute atomic E-state index is 12.6. The van der Waals surface area contributed by atoms with Gasteiger partial charge in [-0.1, -0.05) is 60.7 Å². The van der Waals surface area contributed by atoms with Crippen LogP contribution in [0.4, 0.5) is 0 Å². The van der Waals surface area contributed by atoms with Crippen LogP contribution in [0.3, 0.4) is 0 Å². The van der Waals surface area contributed by atoms with E-state index in [2.05, 4.69) is 4.98 Å². The van der Waals surface area contributed by atoms with Crippen molar-refractivity contribution in [2.75, 3.05) is 0 Å². The molecule has 0 aliphatic heterocycles. The number of aromatic nitrogens is 2. The van der Waals surface area contributed by atoms with Gasteiger partial charge in [0.1, 0.15) is 18.1 Å². The Morgan fingerprint density at radius 3 is 2.30 bits per heavy atom. The van der Waals surface area contributed by atoms with Gasteiger partial charge in [-0.05, 0) is 12.5 Å². The summed E-state index contributed by atoms with van der Waals surface area (Å²) in [5, 5.41) is 0. The molecular formula is C19H18N2O2. The third-order valence-corrected chi connectivity index (χ3v) is 3.77. The SMILES string of the molecule is Cc1nc(-c2ccccc2)c(C(=O)OCc2ccccc2)n1C. The third-order valence-electron chi connectivity index (χ3n) is 3.77. The first-order chi connectivity index (χ1) is 11.2. The van der Waals surface area contributed by atoms with E-state index in [0.29, 0.717) is 11.4 Å². The van der Waals surface area contributed by atoms with Gasteiger partial charge in [0.2, 0.25) is 0 Å². The van der Waals surface area contributed by atoms with Gasteiger partial charge in [-0.2, -0.15) is 0 Å². The van der Waals surface area contributed by atoms with Crippen molar-refractivity contribution in [3.63, 3.8) is 0 Å². The topological polar surface area (TPSA) is 44.1 Å². The fraction of sp³-hybridized carbons (Fsp3) is 0.158. The largest absolute Gasteiger partial charge is 0.456 e. The fourth-order valence-electron chi connectivity index (χ4n) is 2.43. The highest BCUT2D eigenvalue weighted by Crippen LogP contribution is 2.24. The number of esters is 1. The van der Waals surface area contributed by atoms with E-state index in [4.69, 9.17) is 4.74 Å². The lowest BCUT2D eigenvalue weighted by Crippen LogP contribution is -2.12. The van der Waals surface area contributed by atoms with E-state index in [-0.39, 0.29) is 12.6 Å². The lowest BCUT2D eigenvalue weighted by molar-refractivity contribution is 0.0462. The summed E-state index contributed by atoms with van der Waals surface area (Å²) < 4.78 is 7.24. The average Bonchev–Trinajstić information content (AvgIpc) is 2.90. The molecular weight excluding hydrogens is 288 g/mol. The summed E-state index contributed by atoms with van der Waals surface area (Å²) in [6, 6.07) is 19.3. The van der Waals surface area contributed by atoms with Gasteiger partial charge in [-0.3, -0.25) is 0 Å². The molecule has 2 aromatic carbocycles. The molecule has 0 N–H and O–H groups in total. The fourth-order valence-corrected chi connectivity index (χ4v) is 2.43. The number of ether oxygens (including phenoxy) is 1. The van der Waals surface area contributed by atoms with Crippen molar-refractivity contribution in [2.24, 2.45) is 7.05 Å². The molecule has 0 saturated carbocycles. The van der Waals surface area contributed by atoms with Gasteiger partial charge in [0.05, 0.1) is 0 Å². The predicted octanol–water partition coefficient (Wildman–Crippen LogP) is 3.75. The summed E-state index contributed by atoms with van der Waals surface area (Å²) in [5.41, 5.74) is 3.00. The Hall–Kier alpha value is -2.88. The highest BCUT2D eigenvalue weighted by molar-refractivity contribution is 5.94. The molecule has 4 heteroatoms. The van der Waals surface area contributed by atoms with Crippen LogP contribution in [-0.2, 0) is 18.4 Å². The molecule has 4 nitrogen and oxygen atoms in total. The van der Waals surface area contributed by atoms with Crippen LogP contribution in [0.5, 0.6) is 0 Å². The minimum atomic E-state index is -0.365. The minimum Gasteiger partial charge on any atom is -0.456 e. The quantitative estimate of drug-likeness (QED) is 0.689. The first kappa shape index (κ1) is 15.0. The number of rotatable bonds is 4. The maximum atomic E-state index is 12.6. The Labute approximate surface area is 135 Å². The van der Waals surface area contributed by atoms with E-state index in [1.54, 1.807) is 4.57 Å². The molecule has 3 aromatic rings. The molecule has 0 amide bonds. The molecule has 0 aliphatic carbocycles. The standard InChI is InChI=1S/C19H18N2O2/c1-14-20-17(16-11-7-4-8-12-16)18(21(14)2)19(22)23-13-15-9-5-3-6-10-15/h3-12H,13H2,1-2H3. The first-order valence-electron chi connectivity index (χ1n) is 7.46. The first-order valence-corrected chi connectivity index (χ1v) is 7.46. The van der Waals surface area contributed by atoms with Crippen LogP contribution in [-0.4, -0.2) is 15.5 Å². The molecule has 3 rings (SSSR count). The molecule has 1 heterocycles. The molecule has 0 fully saturated rings. The Morgan fingerprint density at radius 1 is 1.04 bits per heavy atom. The minimum absolute atomic E-state index is 0.248. The van der Waals surface area contributed by atoms with E-state index in [1.807, 2.05) is 74.6 Å². The zero-order valence-corrected chi connectivity index (χ0v) is 13.2. The number of benzene rings is 2. The van der Waals surface area contributed by atoms with E-state index >= 15 is 0 Å². The van der Waals surface area contributed by atoms with Gasteiger partial charge in [-0.15, -0.1) is 0 Å². The summed E-state index contributed by atoms with van der Waals surface area (Å²) in [4.78, 5) is 17.1. The van der Waals surface area contributed by atoms with Crippen LogP contribution in [0.15, 0.2) is 60.7 Å². The van der Waals surface area contributed by atoms with Crippen molar-refractivity contribution in [3.8, 4) is 11.3 Å². The van der Waals surface area contributed by atoms with Crippen molar-refractivity contribution in [1.29, 1.82) is 0 Å². The van der Waals surface area contributed by atoms with Gasteiger partial charge in [0.25, 0.3) is 0 Å². The van der Waals surface area contributed by atoms with Gasteiger partial charge in [0, 0.05) is 12.6 Å². The molecule has 116 valence electrons. The number of carbonyl (C=O) groups is 1. The number of aryl methyl sites for hydroxylation is 1. The predicted molar refractivity (Wildman–Crippen MR) is 88.9 cm³/mol. The molecule has 0 bridgehead atoms. The second-order valence-electron chi connectivity index (χ2n) is 5.34. The molecule has 0 spiro atoms. The van der Waals surface area contributed by atoms with E-state index < -0.39 is 0 Å². The number of hydrogen-bond acceptors (Lipinski definition) is 3. The van der Waals surface area contributed by atoms with Crippen molar-refractivity contribution in [2.45, 2.75) is 13.5 Å². The zero-order valence-electron chi connectivity index (χ0n) is 13.2. The third kappa shape index (κ3) is 3.16. The number of carbonyl (C=O) groups excluding carboxylic acids is 1. The van der Waals surface area contributed by atoms with Gasteiger partial charge in [-0.25, -0.2) is 9.78 Å². The number of nitrogens with zero attached hydrogens (tertiary/aromatic N) is 2. The second-order valence-corrected chi connectivity index (χ2v) is 5.34. The van der Waals surface area contributed by atoms with Gasteiger partial charge >= 0.3 is 5.97 Å². The van der Waals surface area contributed by atoms with Gasteiger partial charge < -0.3 is 9.30 Å². The highest BCUT2D eigenvalue weighted by Gasteiger charge is 2.22. The Balaban J connectivity index is 1.88. The van der Waals surface area contributed by atoms with E-state index in [1.165, 1.54) is 0 Å². The Morgan fingerprint density at radius 2 is 1.65 bits per heavy atom. The van der Waals surface area contributed by atoms with Crippen LogP contribution >= 0.6 is 0 Å². The van der Waals surface area contributed by atoms with E-state index in [9.17, 15) is 4.79 Å². The summed E-state index contributed by atoms with van der Waals surface area (Å²) in [6.45, 7) is 2.12. The molecule has 0 aliphatic rings. The molecule has 0 unspecified atom stereocenters. The second kappa shape index (κ2) is 6.48. The normalized spacial score (nSPS) is 10.5. The monoisotopic (exact) mass is 306 g/mol. The van der Waals surface area contributed by atoms with Crippen LogP contribution in [0, 0.1) is 6.92 Å². The van der Waals surface area contributed by atoms with Crippen molar-refractivity contribution < 1.29 is 9.53 Å². The Bertz CT molecular complexity index is 808. The Kier molecular flexibility index (Phi) is 4.24. The van der Waals surface area contributed by atoms with Crippen molar-refractivity contribution in [3.05, 3.63) is 77.7 Å². The molecule has 0 radical (unpaired) electrons. The zero-order chi connectivity index (χ0) is 16.2. The number of hydrogen-bond donors (Lipinski definition) is 0. The van der Waals surface area contributed by atoms with Gasteiger partial charge in [0.15, 0.2) is 5.69 Å². The van der Waals surface area contributed by atoms with Crippen LogP contribution in [0.1, 0.15) is 21.9 Å². The molecule has 0 saturated heterocycles. The van der Waals surface area contributed by atoms with Crippen LogP contribution in [0.2, 0.25) is 0 Å². The summed E-state index contributed by atoms with van der Waals surface area (Å²) in [6.07, 6.45) is 0. The lowest BCUT2D eigenvalue weighted by atomic mass is 10.1. The smallest absolute Gasteiger partial charge is 0.357 e. The summed E-state index contributed by atoms with van der Waals surface area (Å²) >= 11 is 0. The van der Waals surface area contributed by atoms with E-state index in [0.717, 1.165) is 17.0 Å². The summed E-state index contributed by atoms with van der Waals surface area (Å²) in [7, 11) is 1.83. The van der Waals surface area contributed by atoms with Crippen molar-refractivity contribution in [1.82, 2.24) is 9.55 Å². The summed E-state index contributed by atoms with van der Waals surface area (Å²) in [5.74, 6) is 0.409. The van der Waals surface area contributed by atoms with Crippen LogP contribution in [0.25, 0.3) is 11.3 Å². The average molecular weight is 306 g/mol. The highest BCUT2D eigenvalue weighted by atomic mass is 16.5. The molecule has 23 heavy (non-hydrogen) atoms. The maximum Gasteiger partial charge on any atom is 0.357 e. The van der Waals surface area contributed by atoms with Crippen molar-refractivity contribution >= 4 is 5.97 Å². The lowest BCUT2D eigenvalue weighted by Gasteiger charge is -2.08. The molecule has 1 aromatic heterocycles.